The highest BCUT2D eigenvalue weighted by atomic mass is 32.2. The van der Waals surface area contributed by atoms with Crippen LogP contribution in [0.1, 0.15) is 17.5 Å². The van der Waals surface area contributed by atoms with Gasteiger partial charge in [-0.25, -0.2) is 8.42 Å². The Morgan fingerprint density at radius 2 is 1.68 bits per heavy atom. The molecule has 7 heteroatoms. The van der Waals surface area contributed by atoms with E-state index in [9.17, 15) is 13.2 Å². The average molecular weight is 442 g/mol. The molecular formula is C24H31N3O3S. The van der Waals surface area contributed by atoms with Crippen molar-refractivity contribution in [2.24, 2.45) is 0 Å². The van der Waals surface area contributed by atoms with E-state index in [1.807, 2.05) is 30.3 Å². The van der Waals surface area contributed by atoms with E-state index in [2.05, 4.69) is 41.0 Å². The third kappa shape index (κ3) is 5.46. The first-order valence-electron chi connectivity index (χ1n) is 11.0. The predicted octanol–water partition coefficient (Wildman–Crippen LogP) is 2.33. The summed E-state index contributed by atoms with van der Waals surface area (Å²) in [6.07, 6.45) is 0.530. The van der Waals surface area contributed by atoms with Gasteiger partial charge in [-0.2, -0.15) is 0 Å². The Bertz CT molecular complexity index is 1000. The van der Waals surface area contributed by atoms with Crippen LogP contribution in [0.25, 0.3) is 0 Å². The van der Waals surface area contributed by atoms with Crippen LogP contribution >= 0.6 is 0 Å². The van der Waals surface area contributed by atoms with Crippen LogP contribution in [0.15, 0.2) is 54.6 Å². The maximum atomic E-state index is 13.3. The zero-order chi connectivity index (χ0) is 21.8. The molecule has 2 heterocycles. The molecule has 2 aromatic carbocycles. The molecule has 2 aliphatic rings. The van der Waals surface area contributed by atoms with Gasteiger partial charge in [0.2, 0.25) is 5.91 Å². The molecule has 2 aliphatic heterocycles. The molecule has 31 heavy (non-hydrogen) atoms. The van der Waals surface area contributed by atoms with Gasteiger partial charge in [-0.1, -0.05) is 48.5 Å². The topological polar surface area (TPSA) is 60.9 Å². The van der Waals surface area contributed by atoms with E-state index < -0.39 is 9.84 Å². The summed E-state index contributed by atoms with van der Waals surface area (Å²) >= 11 is 0. The number of rotatable bonds is 6. The molecule has 0 N–H and O–H groups in total. The van der Waals surface area contributed by atoms with Crippen LogP contribution in [0.4, 0.5) is 5.69 Å². The number of carbonyl (C=O) groups excluding carboxylic acids is 1. The van der Waals surface area contributed by atoms with Gasteiger partial charge in [0.25, 0.3) is 0 Å². The van der Waals surface area contributed by atoms with E-state index in [-0.39, 0.29) is 23.5 Å². The van der Waals surface area contributed by atoms with Gasteiger partial charge in [-0.3, -0.25) is 9.69 Å². The number of piperazine rings is 1. The first kappa shape index (κ1) is 21.8. The number of hydrogen-bond acceptors (Lipinski definition) is 5. The summed E-state index contributed by atoms with van der Waals surface area (Å²) in [6, 6.07) is 18.0. The number of benzene rings is 2. The van der Waals surface area contributed by atoms with E-state index >= 15 is 0 Å². The van der Waals surface area contributed by atoms with Crippen molar-refractivity contribution in [3.05, 3.63) is 65.7 Å². The molecule has 6 nitrogen and oxygen atoms in total. The third-order valence-corrected chi connectivity index (χ3v) is 8.10. The third-order valence-electron chi connectivity index (χ3n) is 6.35. The molecule has 0 radical (unpaired) electrons. The summed E-state index contributed by atoms with van der Waals surface area (Å²) in [4.78, 5) is 19.7. The van der Waals surface area contributed by atoms with Gasteiger partial charge in [0.15, 0.2) is 9.84 Å². The lowest BCUT2D eigenvalue weighted by Crippen LogP contribution is -2.51. The zero-order valence-electron chi connectivity index (χ0n) is 18.1. The minimum atomic E-state index is -3.06. The van der Waals surface area contributed by atoms with Crippen LogP contribution in [0, 0.1) is 6.92 Å². The number of carbonyl (C=O) groups is 1. The SMILES string of the molecule is Cc1ccccc1N1CCN(CC(=O)N(Cc2ccccc2)[C@@H]2CCS(=O)(=O)C2)CC1. The van der Waals surface area contributed by atoms with Crippen LogP contribution in [-0.4, -0.2) is 74.4 Å². The normalized spacial score (nSPS) is 21.2. The summed E-state index contributed by atoms with van der Waals surface area (Å²) in [6.45, 7) is 6.34. The average Bonchev–Trinajstić information content (AvgIpc) is 3.13. The minimum Gasteiger partial charge on any atom is -0.369 e. The van der Waals surface area contributed by atoms with Crippen molar-refractivity contribution in [1.29, 1.82) is 0 Å². The van der Waals surface area contributed by atoms with Crippen LogP contribution in [0.2, 0.25) is 0 Å². The summed E-state index contributed by atoms with van der Waals surface area (Å²) in [7, 11) is -3.06. The minimum absolute atomic E-state index is 0.0234. The second kappa shape index (κ2) is 9.40. The van der Waals surface area contributed by atoms with Crippen LogP contribution in [0.5, 0.6) is 0 Å². The molecule has 2 saturated heterocycles. The molecule has 4 rings (SSSR count). The van der Waals surface area contributed by atoms with Crippen molar-refractivity contribution in [2.45, 2.75) is 25.9 Å². The van der Waals surface area contributed by atoms with Gasteiger partial charge >= 0.3 is 0 Å². The number of sulfone groups is 1. The number of para-hydroxylation sites is 1. The lowest BCUT2D eigenvalue weighted by molar-refractivity contribution is -0.135. The molecule has 2 fully saturated rings. The van der Waals surface area contributed by atoms with Crippen LogP contribution in [-0.2, 0) is 21.2 Å². The lowest BCUT2D eigenvalue weighted by atomic mass is 10.1. The fourth-order valence-corrected chi connectivity index (χ4v) is 6.30. The predicted molar refractivity (Wildman–Crippen MR) is 124 cm³/mol. The number of anilines is 1. The largest absolute Gasteiger partial charge is 0.369 e. The van der Waals surface area contributed by atoms with Gasteiger partial charge < -0.3 is 9.80 Å². The van der Waals surface area contributed by atoms with E-state index in [1.54, 1.807) is 4.90 Å². The Kier molecular flexibility index (Phi) is 6.62. The van der Waals surface area contributed by atoms with Gasteiger partial charge in [-0.15, -0.1) is 0 Å². The number of amides is 1. The summed E-state index contributed by atoms with van der Waals surface area (Å²) in [5.41, 5.74) is 3.56. The van der Waals surface area contributed by atoms with E-state index in [4.69, 9.17) is 0 Å². The second-order valence-corrected chi connectivity index (χ2v) is 10.8. The summed E-state index contributed by atoms with van der Waals surface area (Å²) in [5, 5.41) is 0. The zero-order valence-corrected chi connectivity index (χ0v) is 18.9. The standard InChI is InChI=1S/C24H31N3O3S/c1-20-7-5-6-10-23(20)26-14-12-25(13-15-26)18-24(28)27(17-21-8-3-2-4-9-21)22-11-16-31(29,30)19-22/h2-10,22H,11-19H2,1H3/t22-/m1/s1. The Morgan fingerprint density at radius 1 is 1.00 bits per heavy atom. The van der Waals surface area contributed by atoms with Crippen molar-refractivity contribution < 1.29 is 13.2 Å². The molecule has 0 bridgehead atoms. The number of nitrogens with zero attached hydrogens (tertiary/aromatic N) is 3. The highest BCUT2D eigenvalue weighted by molar-refractivity contribution is 7.91. The monoisotopic (exact) mass is 441 g/mol. The molecule has 0 unspecified atom stereocenters. The maximum absolute atomic E-state index is 13.3. The van der Waals surface area contributed by atoms with Gasteiger partial charge in [0, 0.05) is 44.5 Å². The van der Waals surface area contributed by atoms with Gasteiger partial charge in [0.05, 0.1) is 18.1 Å². The number of aryl methyl sites for hydroxylation is 1. The molecular weight excluding hydrogens is 410 g/mol. The molecule has 0 aliphatic carbocycles. The van der Waals surface area contributed by atoms with Crippen molar-refractivity contribution in [1.82, 2.24) is 9.80 Å². The molecule has 0 saturated carbocycles. The Balaban J connectivity index is 1.40. The first-order valence-corrected chi connectivity index (χ1v) is 12.8. The fraction of sp³-hybridized carbons (Fsp3) is 0.458. The second-order valence-electron chi connectivity index (χ2n) is 8.61. The van der Waals surface area contributed by atoms with E-state index in [0.29, 0.717) is 19.5 Å². The molecule has 1 amide bonds. The fourth-order valence-electron chi connectivity index (χ4n) is 4.57. The Hall–Kier alpha value is -2.38. The summed E-state index contributed by atoms with van der Waals surface area (Å²) in [5.74, 6) is 0.271. The molecule has 0 spiro atoms. The smallest absolute Gasteiger partial charge is 0.237 e. The molecule has 1 atom stereocenters. The Labute approximate surface area is 185 Å². The number of hydrogen-bond donors (Lipinski definition) is 0. The van der Waals surface area contributed by atoms with Gasteiger partial charge in [0.1, 0.15) is 0 Å². The van der Waals surface area contributed by atoms with Crippen molar-refractivity contribution in [3.63, 3.8) is 0 Å². The first-order chi connectivity index (χ1) is 14.9. The van der Waals surface area contributed by atoms with E-state index in [0.717, 1.165) is 31.7 Å². The lowest BCUT2D eigenvalue weighted by Gasteiger charge is -2.38. The molecule has 0 aromatic heterocycles. The van der Waals surface area contributed by atoms with Crippen molar-refractivity contribution >= 4 is 21.4 Å². The highest BCUT2D eigenvalue weighted by Crippen LogP contribution is 2.23. The quantitative estimate of drug-likeness (QED) is 0.689. The van der Waals surface area contributed by atoms with Crippen LogP contribution in [0.3, 0.4) is 0 Å². The molecule has 166 valence electrons. The van der Waals surface area contributed by atoms with E-state index in [1.165, 1.54) is 11.3 Å². The highest BCUT2D eigenvalue weighted by Gasteiger charge is 2.35. The summed E-state index contributed by atoms with van der Waals surface area (Å²) < 4.78 is 24.1. The van der Waals surface area contributed by atoms with Crippen molar-refractivity contribution in [3.8, 4) is 0 Å². The maximum Gasteiger partial charge on any atom is 0.237 e. The molecule has 2 aromatic rings. The van der Waals surface area contributed by atoms with Crippen LogP contribution < -0.4 is 4.90 Å². The Morgan fingerprint density at radius 3 is 2.32 bits per heavy atom. The van der Waals surface area contributed by atoms with Gasteiger partial charge in [-0.05, 0) is 30.5 Å². The van der Waals surface area contributed by atoms with Crippen molar-refractivity contribution in [2.75, 3.05) is 49.1 Å².